The van der Waals surface area contributed by atoms with Crippen LogP contribution in [0, 0.1) is 5.82 Å². The summed E-state index contributed by atoms with van der Waals surface area (Å²) in [6.45, 7) is 2.15. The van der Waals surface area contributed by atoms with Crippen molar-refractivity contribution >= 4 is 12.6 Å². The Hall–Kier alpha value is -1.85. The smallest absolute Gasteiger partial charge is 0.488 e. The molecule has 2 aromatic rings. The van der Waals surface area contributed by atoms with Crippen molar-refractivity contribution < 1.29 is 19.2 Å². The Kier molecular flexibility index (Phi) is 4.77. The predicted molar refractivity (Wildman–Crippen MR) is 76.4 cm³/mol. The van der Waals surface area contributed by atoms with Crippen molar-refractivity contribution in [3.05, 3.63) is 59.4 Å². The molecule has 0 fully saturated rings. The van der Waals surface area contributed by atoms with Crippen LogP contribution in [0.3, 0.4) is 0 Å². The Morgan fingerprint density at radius 3 is 2.60 bits per heavy atom. The minimum atomic E-state index is -1.67. The Balaban J connectivity index is 2.07. The van der Waals surface area contributed by atoms with Gasteiger partial charge in [-0.1, -0.05) is 31.2 Å². The van der Waals surface area contributed by atoms with E-state index in [2.05, 4.69) is 6.92 Å². The normalized spacial score (nSPS) is 10.4. The number of hydrogen-bond acceptors (Lipinski definition) is 3. The van der Waals surface area contributed by atoms with Gasteiger partial charge in [0, 0.05) is 5.56 Å². The summed E-state index contributed by atoms with van der Waals surface area (Å²) in [5.74, 6) is 0.178. The molecule has 104 valence electrons. The molecule has 0 unspecified atom stereocenters. The van der Waals surface area contributed by atoms with Crippen LogP contribution in [0.4, 0.5) is 4.39 Å². The molecule has 2 aromatic carbocycles. The van der Waals surface area contributed by atoms with E-state index in [0.29, 0.717) is 11.3 Å². The third-order valence-corrected chi connectivity index (χ3v) is 3.08. The van der Waals surface area contributed by atoms with Gasteiger partial charge in [0.05, 0.1) is 0 Å². The van der Waals surface area contributed by atoms with Gasteiger partial charge in [0.1, 0.15) is 18.2 Å². The zero-order valence-electron chi connectivity index (χ0n) is 11.2. The van der Waals surface area contributed by atoms with Crippen molar-refractivity contribution in [2.45, 2.75) is 20.0 Å². The molecule has 2 N–H and O–H groups in total. The van der Waals surface area contributed by atoms with Crippen molar-refractivity contribution in [1.82, 2.24) is 0 Å². The number of hydrogen-bond donors (Lipinski definition) is 2. The van der Waals surface area contributed by atoms with Gasteiger partial charge >= 0.3 is 7.12 Å². The summed E-state index contributed by atoms with van der Waals surface area (Å²) in [4.78, 5) is 0. The van der Waals surface area contributed by atoms with Gasteiger partial charge < -0.3 is 14.8 Å². The van der Waals surface area contributed by atoms with E-state index in [9.17, 15) is 4.39 Å². The Morgan fingerprint density at radius 1 is 1.15 bits per heavy atom. The van der Waals surface area contributed by atoms with Gasteiger partial charge in [-0.2, -0.15) is 0 Å². The van der Waals surface area contributed by atoms with E-state index in [-0.39, 0.29) is 12.1 Å². The van der Waals surface area contributed by atoms with Crippen LogP contribution in [0.2, 0.25) is 0 Å². The number of benzene rings is 2. The van der Waals surface area contributed by atoms with Crippen LogP contribution in [0.5, 0.6) is 5.75 Å². The first-order valence-corrected chi connectivity index (χ1v) is 6.46. The number of ether oxygens (including phenoxy) is 1. The fourth-order valence-electron chi connectivity index (χ4n) is 1.86. The molecule has 0 aromatic heterocycles. The average molecular weight is 274 g/mol. The maximum atomic E-state index is 13.8. The molecule has 0 amide bonds. The molecule has 0 saturated heterocycles. The van der Waals surface area contributed by atoms with Gasteiger partial charge in [0.2, 0.25) is 0 Å². The number of halogens is 1. The number of rotatable bonds is 5. The van der Waals surface area contributed by atoms with Crippen LogP contribution >= 0.6 is 0 Å². The predicted octanol–water partition coefficient (Wildman–Crippen LogP) is 1.65. The van der Waals surface area contributed by atoms with E-state index in [4.69, 9.17) is 14.8 Å². The third-order valence-electron chi connectivity index (χ3n) is 3.08. The molecule has 0 aliphatic rings. The lowest BCUT2D eigenvalue weighted by atomic mass is 9.80. The maximum Gasteiger partial charge on any atom is 0.488 e. The van der Waals surface area contributed by atoms with Gasteiger partial charge in [-0.25, -0.2) is 4.39 Å². The summed E-state index contributed by atoms with van der Waals surface area (Å²) in [6.07, 6.45) is 0.911. The summed E-state index contributed by atoms with van der Waals surface area (Å²) in [5, 5.41) is 17.9. The van der Waals surface area contributed by atoms with Crippen molar-refractivity contribution in [3.8, 4) is 5.75 Å². The number of aryl methyl sites for hydroxylation is 1. The molecule has 0 aliphatic carbocycles. The molecule has 0 heterocycles. The lowest BCUT2D eigenvalue weighted by molar-refractivity contribution is 0.299. The second-order valence-electron chi connectivity index (χ2n) is 4.51. The molecule has 3 nitrogen and oxygen atoms in total. The molecule has 0 atom stereocenters. The van der Waals surface area contributed by atoms with Crippen LogP contribution in [0.1, 0.15) is 18.1 Å². The van der Waals surface area contributed by atoms with Gasteiger partial charge in [0.15, 0.2) is 0 Å². The highest BCUT2D eigenvalue weighted by molar-refractivity contribution is 6.58. The molecule has 0 radical (unpaired) electrons. The third kappa shape index (κ3) is 3.59. The van der Waals surface area contributed by atoms with Crippen molar-refractivity contribution in [3.63, 3.8) is 0 Å². The Morgan fingerprint density at radius 2 is 1.95 bits per heavy atom. The van der Waals surface area contributed by atoms with E-state index < -0.39 is 12.9 Å². The summed E-state index contributed by atoms with van der Waals surface area (Å²) in [5.41, 5.74) is 1.65. The monoisotopic (exact) mass is 274 g/mol. The molecule has 0 spiro atoms. The standard InChI is InChI=1S/C15H16BFO3/c1-2-11-4-3-5-14(8-11)20-10-12-6-7-13(16(18)19)9-15(12)17/h3-9,18-19H,2,10H2,1H3. The molecule has 0 saturated carbocycles. The fraction of sp³-hybridized carbons (Fsp3) is 0.200. The highest BCUT2D eigenvalue weighted by Crippen LogP contribution is 2.16. The van der Waals surface area contributed by atoms with E-state index in [1.54, 1.807) is 0 Å². The summed E-state index contributed by atoms with van der Waals surface area (Å²) in [6, 6.07) is 11.7. The van der Waals surface area contributed by atoms with Crippen LogP contribution in [0.15, 0.2) is 42.5 Å². The average Bonchev–Trinajstić information content (AvgIpc) is 2.46. The highest BCUT2D eigenvalue weighted by Gasteiger charge is 2.13. The second kappa shape index (κ2) is 6.54. The molecular formula is C15H16BFO3. The summed E-state index contributed by atoms with van der Waals surface area (Å²) < 4.78 is 19.3. The van der Waals surface area contributed by atoms with Crippen molar-refractivity contribution in [2.24, 2.45) is 0 Å². The zero-order chi connectivity index (χ0) is 14.5. The fourth-order valence-corrected chi connectivity index (χ4v) is 1.86. The van der Waals surface area contributed by atoms with Gasteiger partial charge in [0.25, 0.3) is 0 Å². The van der Waals surface area contributed by atoms with E-state index in [0.717, 1.165) is 18.1 Å². The second-order valence-corrected chi connectivity index (χ2v) is 4.51. The molecule has 5 heteroatoms. The maximum absolute atomic E-state index is 13.8. The first-order valence-electron chi connectivity index (χ1n) is 6.46. The Labute approximate surface area is 117 Å². The Bertz CT molecular complexity index is 587. The zero-order valence-corrected chi connectivity index (χ0v) is 11.2. The van der Waals surface area contributed by atoms with Gasteiger partial charge in [-0.15, -0.1) is 0 Å². The molecule has 20 heavy (non-hydrogen) atoms. The quantitative estimate of drug-likeness (QED) is 0.815. The van der Waals surface area contributed by atoms with Crippen LogP contribution in [-0.4, -0.2) is 17.2 Å². The molecule has 2 rings (SSSR count). The van der Waals surface area contributed by atoms with Crippen LogP contribution in [-0.2, 0) is 13.0 Å². The first kappa shape index (κ1) is 14.6. The van der Waals surface area contributed by atoms with Crippen LogP contribution in [0.25, 0.3) is 0 Å². The first-order chi connectivity index (χ1) is 9.60. The van der Waals surface area contributed by atoms with Crippen molar-refractivity contribution in [1.29, 1.82) is 0 Å². The summed E-state index contributed by atoms with van der Waals surface area (Å²) in [7, 11) is -1.67. The topological polar surface area (TPSA) is 49.7 Å². The lowest BCUT2D eigenvalue weighted by Crippen LogP contribution is -2.30. The summed E-state index contributed by atoms with van der Waals surface area (Å²) >= 11 is 0. The SMILES string of the molecule is CCc1cccc(OCc2ccc(B(O)O)cc2F)c1. The lowest BCUT2D eigenvalue weighted by Gasteiger charge is -2.09. The van der Waals surface area contributed by atoms with E-state index in [1.165, 1.54) is 12.1 Å². The molecular weight excluding hydrogens is 258 g/mol. The minimum Gasteiger partial charge on any atom is -0.489 e. The van der Waals surface area contributed by atoms with Crippen LogP contribution < -0.4 is 10.2 Å². The largest absolute Gasteiger partial charge is 0.489 e. The molecule has 0 bridgehead atoms. The highest BCUT2D eigenvalue weighted by atomic mass is 19.1. The molecule has 0 aliphatic heterocycles. The van der Waals surface area contributed by atoms with Crippen molar-refractivity contribution in [2.75, 3.05) is 0 Å². The van der Waals surface area contributed by atoms with E-state index >= 15 is 0 Å². The van der Waals surface area contributed by atoms with Gasteiger partial charge in [-0.3, -0.25) is 0 Å². The van der Waals surface area contributed by atoms with Gasteiger partial charge in [-0.05, 0) is 35.6 Å². The van der Waals surface area contributed by atoms with E-state index in [1.807, 2.05) is 24.3 Å². The minimum absolute atomic E-state index is 0.0980.